The smallest absolute Gasteiger partial charge is 0.0634 e. The molecule has 0 saturated heterocycles. The molecule has 0 spiro atoms. The van der Waals surface area contributed by atoms with Crippen LogP contribution in [0.4, 0.5) is 0 Å². The van der Waals surface area contributed by atoms with E-state index in [2.05, 4.69) is 6.92 Å². The molecule has 1 saturated carbocycles. The summed E-state index contributed by atoms with van der Waals surface area (Å²) < 4.78 is 0. The molecule has 1 rings (SSSR count). The number of aliphatic hydroxyl groups is 1. The first-order valence-corrected chi connectivity index (χ1v) is 4.42. The first-order chi connectivity index (χ1) is 5.04. The van der Waals surface area contributed by atoms with Crippen molar-refractivity contribution in [3.63, 3.8) is 0 Å². The fraction of sp³-hybridized carbons (Fsp3) is 1.00. The summed E-state index contributed by atoms with van der Waals surface area (Å²) in [4.78, 5) is 0. The van der Waals surface area contributed by atoms with Crippen molar-refractivity contribution < 1.29 is 5.11 Å². The van der Waals surface area contributed by atoms with E-state index in [-0.39, 0.29) is 11.5 Å². The molecule has 0 amide bonds. The van der Waals surface area contributed by atoms with Gasteiger partial charge >= 0.3 is 0 Å². The molecule has 1 aliphatic carbocycles. The molecular formula is C9H19NO. The Hall–Kier alpha value is -0.0800. The van der Waals surface area contributed by atoms with Crippen molar-refractivity contribution >= 4 is 0 Å². The van der Waals surface area contributed by atoms with Gasteiger partial charge in [-0.3, -0.25) is 0 Å². The fourth-order valence-electron chi connectivity index (χ4n) is 1.99. The Bertz CT molecular complexity index is 142. The van der Waals surface area contributed by atoms with Gasteiger partial charge in [0.15, 0.2) is 0 Å². The highest BCUT2D eigenvalue weighted by atomic mass is 16.3. The van der Waals surface area contributed by atoms with E-state index in [0.29, 0.717) is 18.4 Å². The topological polar surface area (TPSA) is 46.2 Å². The summed E-state index contributed by atoms with van der Waals surface area (Å²) >= 11 is 0. The Morgan fingerprint density at radius 3 is 2.18 bits per heavy atom. The second-order valence-corrected chi connectivity index (χ2v) is 4.23. The van der Waals surface area contributed by atoms with Crippen LogP contribution in [0.2, 0.25) is 0 Å². The molecule has 2 nitrogen and oxygen atoms in total. The average molecular weight is 157 g/mol. The number of rotatable bonds is 3. The summed E-state index contributed by atoms with van der Waals surface area (Å²) in [6, 6.07) is 0. The maximum absolute atomic E-state index is 9.81. The predicted molar refractivity (Wildman–Crippen MR) is 46.1 cm³/mol. The molecule has 0 unspecified atom stereocenters. The van der Waals surface area contributed by atoms with Gasteiger partial charge in [-0.15, -0.1) is 0 Å². The maximum Gasteiger partial charge on any atom is 0.0634 e. The summed E-state index contributed by atoms with van der Waals surface area (Å²) in [6.45, 7) is 6.90. The van der Waals surface area contributed by atoms with Crippen LogP contribution in [0.1, 0.15) is 27.2 Å². The molecular weight excluding hydrogens is 138 g/mol. The molecule has 0 aromatic carbocycles. The molecule has 0 aromatic heterocycles. The van der Waals surface area contributed by atoms with E-state index in [0.717, 1.165) is 6.42 Å². The molecule has 66 valence electrons. The predicted octanol–water partition coefficient (Wildman–Crippen LogP) is 0.988. The summed E-state index contributed by atoms with van der Waals surface area (Å²) in [6.07, 6.45) is 0.894. The Balaban J connectivity index is 2.58. The number of hydrogen-bond donors (Lipinski definition) is 2. The number of aliphatic hydroxyl groups excluding tert-OH is 1. The monoisotopic (exact) mass is 157 g/mol. The van der Waals surface area contributed by atoms with Gasteiger partial charge in [0.25, 0.3) is 0 Å². The molecule has 3 atom stereocenters. The molecule has 0 radical (unpaired) electrons. The van der Waals surface area contributed by atoms with Gasteiger partial charge in [0.1, 0.15) is 0 Å². The Labute approximate surface area is 68.8 Å². The highest BCUT2D eigenvalue weighted by molar-refractivity contribution is 5.05. The van der Waals surface area contributed by atoms with Crippen molar-refractivity contribution in [3.8, 4) is 0 Å². The minimum atomic E-state index is -0.206. The van der Waals surface area contributed by atoms with Crippen LogP contribution >= 0.6 is 0 Å². The fourth-order valence-corrected chi connectivity index (χ4v) is 1.99. The second kappa shape index (κ2) is 2.76. The van der Waals surface area contributed by atoms with E-state index in [1.807, 2.05) is 13.8 Å². The highest BCUT2D eigenvalue weighted by Crippen LogP contribution is 2.55. The Morgan fingerprint density at radius 1 is 1.64 bits per heavy atom. The molecule has 1 fully saturated rings. The Kier molecular flexibility index (Phi) is 2.26. The van der Waals surface area contributed by atoms with Gasteiger partial charge in [-0.2, -0.15) is 0 Å². The zero-order valence-corrected chi connectivity index (χ0v) is 7.67. The third-order valence-electron chi connectivity index (χ3n) is 3.11. The molecule has 0 heterocycles. The minimum Gasteiger partial charge on any atom is -0.392 e. The van der Waals surface area contributed by atoms with Crippen molar-refractivity contribution in [2.45, 2.75) is 33.3 Å². The molecule has 0 aromatic rings. The van der Waals surface area contributed by atoms with E-state index in [4.69, 9.17) is 5.73 Å². The van der Waals surface area contributed by atoms with E-state index in [9.17, 15) is 5.11 Å². The van der Waals surface area contributed by atoms with Gasteiger partial charge < -0.3 is 10.8 Å². The zero-order valence-electron chi connectivity index (χ0n) is 7.67. The third-order valence-corrected chi connectivity index (χ3v) is 3.11. The molecule has 11 heavy (non-hydrogen) atoms. The van der Waals surface area contributed by atoms with E-state index >= 15 is 0 Å². The standard InChI is InChI=1S/C9H19NO/c1-6(2)8(11)9(5-10)4-7(9)3/h6-8,11H,4-5,10H2,1-3H3/t7-,8+,9+/m0/s1. The van der Waals surface area contributed by atoms with Gasteiger partial charge in [0.2, 0.25) is 0 Å². The SMILES string of the molecule is CC(C)[C@@H](O)[C@@]1(CN)C[C@@H]1C. The lowest BCUT2D eigenvalue weighted by molar-refractivity contribution is 0.0474. The van der Waals surface area contributed by atoms with Gasteiger partial charge in [-0.1, -0.05) is 20.8 Å². The summed E-state index contributed by atoms with van der Waals surface area (Å²) in [7, 11) is 0. The van der Waals surface area contributed by atoms with Crippen LogP contribution in [-0.2, 0) is 0 Å². The van der Waals surface area contributed by atoms with Crippen molar-refractivity contribution in [2.75, 3.05) is 6.54 Å². The molecule has 1 aliphatic rings. The van der Waals surface area contributed by atoms with E-state index in [1.54, 1.807) is 0 Å². The summed E-state index contributed by atoms with van der Waals surface area (Å²) in [5, 5.41) is 9.81. The lowest BCUT2D eigenvalue weighted by Crippen LogP contribution is -2.35. The van der Waals surface area contributed by atoms with Gasteiger partial charge in [-0.25, -0.2) is 0 Å². The van der Waals surface area contributed by atoms with Crippen LogP contribution in [0.15, 0.2) is 0 Å². The van der Waals surface area contributed by atoms with Crippen LogP contribution in [0, 0.1) is 17.3 Å². The quantitative estimate of drug-likeness (QED) is 0.641. The normalized spacial score (nSPS) is 39.3. The maximum atomic E-state index is 9.81. The average Bonchev–Trinajstić information content (AvgIpc) is 2.61. The van der Waals surface area contributed by atoms with Crippen molar-refractivity contribution in [2.24, 2.45) is 23.0 Å². The van der Waals surface area contributed by atoms with Crippen molar-refractivity contribution in [1.29, 1.82) is 0 Å². The molecule has 0 aliphatic heterocycles. The largest absolute Gasteiger partial charge is 0.392 e. The minimum absolute atomic E-state index is 0.0637. The van der Waals surface area contributed by atoms with E-state index < -0.39 is 0 Å². The lowest BCUT2D eigenvalue weighted by atomic mass is 9.88. The third kappa shape index (κ3) is 1.30. The van der Waals surface area contributed by atoms with Crippen LogP contribution in [0.25, 0.3) is 0 Å². The van der Waals surface area contributed by atoms with E-state index in [1.165, 1.54) is 0 Å². The molecule has 2 heteroatoms. The second-order valence-electron chi connectivity index (χ2n) is 4.23. The van der Waals surface area contributed by atoms with Gasteiger partial charge in [-0.05, 0) is 18.3 Å². The van der Waals surface area contributed by atoms with Crippen LogP contribution in [0.3, 0.4) is 0 Å². The molecule has 3 N–H and O–H groups in total. The van der Waals surface area contributed by atoms with Crippen LogP contribution in [0.5, 0.6) is 0 Å². The molecule has 0 bridgehead atoms. The Morgan fingerprint density at radius 2 is 2.09 bits per heavy atom. The van der Waals surface area contributed by atoms with Crippen LogP contribution < -0.4 is 5.73 Å². The van der Waals surface area contributed by atoms with Gasteiger partial charge in [0, 0.05) is 12.0 Å². The van der Waals surface area contributed by atoms with Crippen LogP contribution in [-0.4, -0.2) is 17.8 Å². The van der Waals surface area contributed by atoms with Crippen molar-refractivity contribution in [3.05, 3.63) is 0 Å². The highest BCUT2D eigenvalue weighted by Gasteiger charge is 2.55. The summed E-state index contributed by atoms with van der Waals surface area (Å²) in [5.41, 5.74) is 5.70. The van der Waals surface area contributed by atoms with Gasteiger partial charge in [0.05, 0.1) is 6.10 Å². The summed E-state index contributed by atoms with van der Waals surface area (Å²) in [5.74, 6) is 0.952. The van der Waals surface area contributed by atoms with Crippen molar-refractivity contribution in [1.82, 2.24) is 0 Å². The first-order valence-electron chi connectivity index (χ1n) is 4.42. The number of nitrogens with two attached hydrogens (primary N) is 1. The zero-order chi connectivity index (χ0) is 8.65. The number of hydrogen-bond acceptors (Lipinski definition) is 2. The lowest BCUT2D eigenvalue weighted by Gasteiger charge is -2.24. The first kappa shape index (κ1) is 9.01.